The van der Waals surface area contributed by atoms with Crippen LogP contribution in [0.3, 0.4) is 0 Å². The number of hydrogen-bond acceptors (Lipinski definition) is 1. The molecule has 0 atom stereocenters. The zero-order chi connectivity index (χ0) is 12.0. The van der Waals surface area contributed by atoms with Crippen molar-refractivity contribution in [1.82, 2.24) is 0 Å². The quantitative estimate of drug-likeness (QED) is 0.543. The summed E-state index contributed by atoms with van der Waals surface area (Å²) in [6.45, 7) is 13.1. The van der Waals surface area contributed by atoms with Crippen LogP contribution in [-0.2, 0) is 24.3 Å². The third-order valence-corrected chi connectivity index (χ3v) is 1.50. The van der Waals surface area contributed by atoms with Gasteiger partial charge in [-0.25, -0.2) is 0 Å². The maximum atomic E-state index is 8.06. The van der Waals surface area contributed by atoms with E-state index in [-0.39, 0.29) is 0 Å². The van der Waals surface area contributed by atoms with Gasteiger partial charge in [0.15, 0.2) is 0 Å². The van der Waals surface area contributed by atoms with Crippen molar-refractivity contribution in [2.45, 2.75) is 67.2 Å². The van der Waals surface area contributed by atoms with Crippen LogP contribution < -0.4 is 0 Å². The molecular formula is C12H26AgO-2. The number of hydrogen-bond donors (Lipinski definition) is 0. The minimum atomic E-state index is 1.29. The first-order valence-corrected chi connectivity index (χ1v) is 5.85. The predicted octanol–water partition coefficient (Wildman–Crippen LogP) is 4.68. The molecule has 0 aliphatic carbocycles. The van der Waals surface area contributed by atoms with Crippen molar-refractivity contribution in [2.75, 3.05) is 0 Å². The van der Waals surface area contributed by atoms with Crippen molar-refractivity contribution in [3.8, 4) is 0 Å². The van der Waals surface area contributed by atoms with Gasteiger partial charge in [0.2, 0.25) is 0 Å². The zero-order valence-electron chi connectivity index (χ0n) is 10.5. The molecule has 93 valence electrons. The standard InChI is InChI=1S/2C6H13.Ag.O/c2*1-4-5-6(2)3;;/h2*4-5H2,1-3H3;;/q2*-1;;. The average Bonchev–Trinajstić information content (AvgIpc) is 2.08. The molecule has 0 bridgehead atoms. The van der Waals surface area contributed by atoms with Crippen LogP contribution in [0.15, 0.2) is 0 Å². The molecule has 0 N–H and O–H groups in total. The normalized spacial score (nSPS) is 9.00. The van der Waals surface area contributed by atoms with E-state index in [0.29, 0.717) is 0 Å². The van der Waals surface area contributed by atoms with Gasteiger partial charge < -0.3 is 11.8 Å². The Kier molecular flexibility index (Phi) is 27.4. The van der Waals surface area contributed by atoms with Crippen LogP contribution in [0.4, 0.5) is 0 Å². The van der Waals surface area contributed by atoms with Crippen molar-refractivity contribution in [3.05, 3.63) is 11.8 Å². The fraction of sp³-hybridized carbons (Fsp3) is 0.833. The van der Waals surface area contributed by atoms with E-state index < -0.39 is 0 Å². The molecular weight excluding hydrogens is 268 g/mol. The molecule has 0 saturated carbocycles. The summed E-state index contributed by atoms with van der Waals surface area (Å²) in [5.41, 5.74) is 0. The van der Waals surface area contributed by atoms with Crippen molar-refractivity contribution < 1.29 is 24.3 Å². The first-order valence-electron chi connectivity index (χ1n) is 5.24. The molecule has 0 aliphatic heterocycles. The van der Waals surface area contributed by atoms with Gasteiger partial charge in [0.05, 0.1) is 0 Å². The van der Waals surface area contributed by atoms with E-state index in [0.717, 1.165) is 0 Å². The van der Waals surface area contributed by atoms with E-state index in [9.17, 15) is 0 Å². The van der Waals surface area contributed by atoms with Crippen LogP contribution in [0.25, 0.3) is 0 Å². The van der Waals surface area contributed by atoms with Crippen LogP contribution in [-0.4, -0.2) is 0 Å². The Morgan fingerprint density at radius 1 is 0.786 bits per heavy atom. The molecule has 0 radical (unpaired) electrons. The molecule has 0 amide bonds. The summed E-state index contributed by atoms with van der Waals surface area (Å²) in [6, 6.07) is 0. The summed E-state index contributed by atoms with van der Waals surface area (Å²) in [6.07, 6.45) is 5.17. The molecule has 0 rings (SSSR count). The first-order chi connectivity index (χ1) is 6.54. The molecule has 0 spiro atoms. The monoisotopic (exact) mass is 293 g/mol. The summed E-state index contributed by atoms with van der Waals surface area (Å²) in [5, 5.41) is 0. The van der Waals surface area contributed by atoms with Gasteiger partial charge in [-0.05, 0) is 0 Å². The maximum absolute atomic E-state index is 8.06. The van der Waals surface area contributed by atoms with Crippen LogP contribution in [0.5, 0.6) is 0 Å². The van der Waals surface area contributed by atoms with E-state index in [4.69, 9.17) is 3.25 Å². The molecule has 0 saturated heterocycles. The van der Waals surface area contributed by atoms with Gasteiger partial charge in [0, 0.05) is 0 Å². The minimum absolute atomic E-state index is 1.29. The van der Waals surface area contributed by atoms with Gasteiger partial charge in [0.1, 0.15) is 0 Å². The Labute approximate surface area is 103 Å². The molecule has 0 aromatic heterocycles. The molecule has 0 fully saturated rings. The summed E-state index contributed by atoms with van der Waals surface area (Å²) >= 11 is 1.70. The molecule has 14 heavy (non-hydrogen) atoms. The Morgan fingerprint density at radius 3 is 1.00 bits per heavy atom. The molecule has 0 aromatic rings. The van der Waals surface area contributed by atoms with Gasteiger partial charge in [-0.3, -0.25) is 0 Å². The van der Waals surface area contributed by atoms with Crippen LogP contribution in [0.1, 0.15) is 67.2 Å². The second-order valence-electron chi connectivity index (χ2n) is 3.91. The topological polar surface area (TPSA) is 17.1 Å². The Morgan fingerprint density at radius 2 is 1.00 bits per heavy atom. The van der Waals surface area contributed by atoms with Crippen molar-refractivity contribution in [3.63, 3.8) is 0 Å². The summed E-state index contributed by atoms with van der Waals surface area (Å²) in [5.74, 6) is 3.08. The summed E-state index contributed by atoms with van der Waals surface area (Å²) in [4.78, 5) is 0. The van der Waals surface area contributed by atoms with E-state index in [1.54, 1.807) is 21.0 Å². The van der Waals surface area contributed by atoms with Crippen molar-refractivity contribution >= 4 is 0 Å². The molecule has 1 nitrogen and oxygen atoms in total. The summed E-state index contributed by atoms with van der Waals surface area (Å²) < 4.78 is 8.06. The molecule has 0 aromatic carbocycles. The van der Waals surface area contributed by atoms with E-state index >= 15 is 0 Å². The molecule has 0 aliphatic rings. The summed E-state index contributed by atoms with van der Waals surface area (Å²) in [7, 11) is 0. The van der Waals surface area contributed by atoms with E-state index in [1.807, 2.05) is 0 Å². The first kappa shape index (κ1) is 20.0. The Balaban J connectivity index is -0.000000147. The van der Waals surface area contributed by atoms with Crippen LogP contribution in [0, 0.1) is 11.8 Å². The van der Waals surface area contributed by atoms with Gasteiger partial charge in [0.25, 0.3) is 0 Å². The van der Waals surface area contributed by atoms with Gasteiger partial charge in [-0.1, -0.05) is 26.7 Å². The number of rotatable bonds is 4. The third kappa shape index (κ3) is 39.0. The SMILES string of the molecule is CCC[C-](C)C.CCC[C-](C)C.[O]=[Ag]. The van der Waals surface area contributed by atoms with E-state index in [2.05, 4.69) is 41.5 Å². The van der Waals surface area contributed by atoms with Gasteiger partial charge >= 0.3 is 24.3 Å². The van der Waals surface area contributed by atoms with Crippen molar-refractivity contribution in [2.24, 2.45) is 0 Å². The second-order valence-corrected chi connectivity index (χ2v) is 3.91. The molecule has 0 unspecified atom stereocenters. The third-order valence-electron chi connectivity index (χ3n) is 1.50. The van der Waals surface area contributed by atoms with Crippen molar-refractivity contribution in [1.29, 1.82) is 0 Å². The van der Waals surface area contributed by atoms with Gasteiger partial charge in [-0.2, -0.15) is 40.5 Å². The Hall–Kier alpha value is 0.540. The van der Waals surface area contributed by atoms with E-state index in [1.165, 1.54) is 37.5 Å². The molecule has 0 heterocycles. The fourth-order valence-electron chi connectivity index (χ4n) is 1.000. The van der Waals surface area contributed by atoms with Crippen LogP contribution >= 0.6 is 0 Å². The van der Waals surface area contributed by atoms with Gasteiger partial charge in [-0.15, -0.1) is 0 Å². The second kappa shape index (κ2) is 19.2. The zero-order valence-corrected chi connectivity index (χ0v) is 12.0. The average molecular weight is 294 g/mol. The fourth-order valence-corrected chi connectivity index (χ4v) is 1.000. The molecule has 2 heteroatoms. The van der Waals surface area contributed by atoms with Crippen LogP contribution in [0.2, 0.25) is 0 Å². The predicted molar refractivity (Wildman–Crippen MR) is 59.7 cm³/mol. The Bertz CT molecular complexity index is 72.4.